The Balaban J connectivity index is 3.02. The maximum Gasteiger partial charge on any atom is 0.339 e. The molecule has 1 heterocycles. The molecule has 0 fully saturated rings. The van der Waals surface area contributed by atoms with Crippen LogP contribution in [0.2, 0.25) is 0 Å². The first kappa shape index (κ1) is 14.7. The Bertz CT molecular complexity index is 463. The van der Waals surface area contributed by atoms with Crippen LogP contribution in [0, 0.1) is 12.8 Å². The van der Waals surface area contributed by atoms with Gasteiger partial charge in [0.1, 0.15) is 5.00 Å². The van der Waals surface area contributed by atoms with Crippen molar-refractivity contribution in [3.05, 3.63) is 16.0 Å². The van der Waals surface area contributed by atoms with Gasteiger partial charge in [-0.3, -0.25) is 4.79 Å². The number of amides is 1. The van der Waals surface area contributed by atoms with E-state index < -0.39 is 5.97 Å². The van der Waals surface area contributed by atoms with Gasteiger partial charge in [-0.1, -0.05) is 20.8 Å². The Morgan fingerprint density at radius 2 is 2.00 bits per heavy atom. The van der Waals surface area contributed by atoms with Crippen molar-refractivity contribution >= 4 is 28.2 Å². The highest BCUT2D eigenvalue weighted by atomic mass is 32.1. The monoisotopic (exact) mass is 269 g/mol. The molecule has 0 saturated carbocycles. The molecular formula is C13H19NO3S. The third-order valence-electron chi connectivity index (χ3n) is 2.62. The molecule has 1 rings (SSSR count). The maximum absolute atomic E-state index is 11.7. The summed E-state index contributed by atoms with van der Waals surface area (Å²) >= 11 is 1.34. The molecule has 1 aromatic rings. The van der Waals surface area contributed by atoms with Crippen LogP contribution in [0.15, 0.2) is 0 Å². The van der Waals surface area contributed by atoms with Gasteiger partial charge in [0, 0.05) is 11.3 Å². The van der Waals surface area contributed by atoms with Crippen LogP contribution in [-0.4, -0.2) is 17.0 Å². The number of carboxylic acids is 1. The van der Waals surface area contributed by atoms with E-state index in [1.807, 2.05) is 27.7 Å². The van der Waals surface area contributed by atoms with Crippen LogP contribution in [-0.2, 0) is 11.2 Å². The van der Waals surface area contributed by atoms with Crippen LogP contribution in [0.4, 0.5) is 5.00 Å². The molecular weight excluding hydrogens is 250 g/mol. The first-order chi connectivity index (χ1) is 8.36. The first-order valence-electron chi connectivity index (χ1n) is 6.02. The lowest BCUT2D eigenvalue weighted by atomic mass is 10.1. The fourth-order valence-electron chi connectivity index (χ4n) is 1.87. The topological polar surface area (TPSA) is 66.4 Å². The number of nitrogens with one attached hydrogen (secondary N) is 1. The van der Waals surface area contributed by atoms with Crippen molar-refractivity contribution in [3.8, 4) is 0 Å². The second kappa shape index (κ2) is 6.00. The van der Waals surface area contributed by atoms with E-state index in [-0.39, 0.29) is 17.4 Å². The predicted octanol–water partition coefficient (Wildman–Crippen LogP) is 3.30. The summed E-state index contributed by atoms with van der Waals surface area (Å²) in [5, 5.41) is 12.4. The minimum absolute atomic E-state index is 0.128. The second-order valence-electron chi connectivity index (χ2n) is 4.65. The fourth-order valence-corrected chi connectivity index (χ4v) is 3.02. The summed E-state index contributed by atoms with van der Waals surface area (Å²) in [7, 11) is 0. The molecule has 0 aliphatic carbocycles. The zero-order valence-corrected chi connectivity index (χ0v) is 12.0. The third kappa shape index (κ3) is 3.32. The van der Waals surface area contributed by atoms with Crippen LogP contribution in [0.5, 0.6) is 0 Å². The smallest absolute Gasteiger partial charge is 0.339 e. The minimum atomic E-state index is -0.976. The third-order valence-corrected chi connectivity index (χ3v) is 3.69. The van der Waals surface area contributed by atoms with E-state index in [4.69, 9.17) is 0 Å². The lowest BCUT2D eigenvalue weighted by Crippen LogP contribution is -2.15. The number of thiophene rings is 1. The molecule has 0 aliphatic rings. The van der Waals surface area contributed by atoms with Crippen molar-refractivity contribution in [3.63, 3.8) is 0 Å². The molecule has 0 bridgehead atoms. The molecule has 0 aromatic carbocycles. The van der Waals surface area contributed by atoms with E-state index in [0.717, 1.165) is 10.4 Å². The molecule has 0 saturated heterocycles. The van der Waals surface area contributed by atoms with E-state index in [1.54, 1.807) is 0 Å². The molecule has 2 N–H and O–H groups in total. The fraction of sp³-hybridized carbons (Fsp3) is 0.538. The van der Waals surface area contributed by atoms with E-state index in [9.17, 15) is 14.7 Å². The van der Waals surface area contributed by atoms with Crippen molar-refractivity contribution in [2.75, 3.05) is 5.32 Å². The number of carboxylic acid groups (broad SMARTS) is 1. The van der Waals surface area contributed by atoms with E-state index in [0.29, 0.717) is 17.8 Å². The zero-order chi connectivity index (χ0) is 13.9. The molecule has 4 nitrogen and oxygen atoms in total. The summed E-state index contributed by atoms with van der Waals surface area (Å²) in [6, 6.07) is 0. The van der Waals surface area contributed by atoms with Gasteiger partial charge in [-0.2, -0.15) is 0 Å². The molecule has 0 aliphatic heterocycles. The Morgan fingerprint density at radius 3 is 2.44 bits per heavy atom. The Morgan fingerprint density at radius 1 is 1.39 bits per heavy atom. The van der Waals surface area contributed by atoms with Gasteiger partial charge in [0.15, 0.2) is 0 Å². The number of hydrogen-bond donors (Lipinski definition) is 2. The molecule has 18 heavy (non-hydrogen) atoms. The van der Waals surface area contributed by atoms with Crippen LogP contribution < -0.4 is 5.32 Å². The number of aryl methyl sites for hydroxylation is 1. The Kier molecular flexibility index (Phi) is 4.90. The standard InChI is InChI=1S/C13H19NO3S/c1-5-9-8(4)18-12(11(9)13(16)17)14-10(15)6-7(2)3/h7H,5-6H2,1-4H3,(H,14,15)(H,16,17). The van der Waals surface area contributed by atoms with Gasteiger partial charge in [0.2, 0.25) is 5.91 Å². The van der Waals surface area contributed by atoms with Crippen LogP contribution in [0.3, 0.4) is 0 Å². The molecule has 1 amide bonds. The van der Waals surface area contributed by atoms with Crippen LogP contribution in [0.1, 0.15) is 48.0 Å². The van der Waals surface area contributed by atoms with Gasteiger partial charge in [-0.05, 0) is 24.8 Å². The normalized spacial score (nSPS) is 10.7. The molecule has 0 spiro atoms. The van der Waals surface area contributed by atoms with Crippen LogP contribution >= 0.6 is 11.3 Å². The highest BCUT2D eigenvalue weighted by Crippen LogP contribution is 2.33. The SMILES string of the molecule is CCc1c(C)sc(NC(=O)CC(C)C)c1C(=O)O. The quantitative estimate of drug-likeness (QED) is 0.861. The lowest BCUT2D eigenvalue weighted by Gasteiger charge is -2.06. The molecule has 1 aromatic heterocycles. The van der Waals surface area contributed by atoms with Crippen molar-refractivity contribution in [2.45, 2.75) is 40.5 Å². The van der Waals surface area contributed by atoms with Gasteiger partial charge < -0.3 is 10.4 Å². The number of aromatic carboxylic acids is 1. The molecule has 0 atom stereocenters. The highest BCUT2D eigenvalue weighted by molar-refractivity contribution is 7.16. The van der Waals surface area contributed by atoms with Gasteiger partial charge >= 0.3 is 5.97 Å². The predicted molar refractivity (Wildman–Crippen MR) is 73.5 cm³/mol. The number of anilines is 1. The summed E-state index contributed by atoms with van der Waals surface area (Å²) in [6.07, 6.45) is 1.06. The average molecular weight is 269 g/mol. The zero-order valence-electron chi connectivity index (χ0n) is 11.2. The summed E-state index contributed by atoms with van der Waals surface area (Å²) in [5.41, 5.74) is 1.06. The van der Waals surface area contributed by atoms with E-state index in [2.05, 4.69) is 5.32 Å². The minimum Gasteiger partial charge on any atom is -0.478 e. The number of carbonyl (C=O) groups is 2. The molecule has 100 valence electrons. The summed E-state index contributed by atoms with van der Waals surface area (Å²) < 4.78 is 0. The molecule has 5 heteroatoms. The van der Waals surface area contributed by atoms with Gasteiger partial charge in [0.05, 0.1) is 5.56 Å². The highest BCUT2D eigenvalue weighted by Gasteiger charge is 2.21. The van der Waals surface area contributed by atoms with Crippen LogP contribution in [0.25, 0.3) is 0 Å². The van der Waals surface area contributed by atoms with E-state index >= 15 is 0 Å². The van der Waals surface area contributed by atoms with Gasteiger partial charge in [-0.25, -0.2) is 4.79 Å². The second-order valence-corrected chi connectivity index (χ2v) is 5.87. The summed E-state index contributed by atoms with van der Waals surface area (Å²) in [4.78, 5) is 23.9. The maximum atomic E-state index is 11.7. The van der Waals surface area contributed by atoms with Gasteiger partial charge in [0.25, 0.3) is 0 Å². The number of carbonyl (C=O) groups excluding carboxylic acids is 1. The van der Waals surface area contributed by atoms with E-state index in [1.165, 1.54) is 11.3 Å². The average Bonchev–Trinajstić information content (AvgIpc) is 2.52. The van der Waals surface area contributed by atoms with Gasteiger partial charge in [-0.15, -0.1) is 11.3 Å². The summed E-state index contributed by atoms with van der Waals surface area (Å²) in [6.45, 7) is 7.71. The van der Waals surface area contributed by atoms with Crippen molar-refractivity contribution < 1.29 is 14.7 Å². The lowest BCUT2D eigenvalue weighted by molar-refractivity contribution is -0.116. The molecule has 0 unspecified atom stereocenters. The summed E-state index contributed by atoms with van der Waals surface area (Å²) in [5.74, 6) is -0.850. The number of rotatable bonds is 5. The van der Waals surface area contributed by atoms with Crippen molar-refractivity contribution in [1.29, 1.82) is 0 Å². The van der Waals surface area contributed by atoms with Crippen molar-refractivity contribution in [1.82, 2.24) is 0 Å². The number of hydrogen-bond acceptors (Lipinski definition) is 3. The Hall–Kier alpha value is -1.36. The molecule has 0 radical (unpaired) electrons. The Labute approximate surface area is 111 Å². The van der Waals surface area contributed by atoms with Crippen molar-refractivity contribution in [2.24, 2.45) is 5.92 Å². The first-order valence-corrected chi connectivity index (χ1v) is 6.83. The largest absolute Gasteiger partial charge is 0.478 e.